The number of hydrogen-bond donors (Lipinski definition) is 2. The van der Waals surface area contributed by atoms with E-state index in [0.717, 1.165) is 25.9 Å². The number of rotatable bonds is 3. The highest BCUT2D eigenvalue weighted by atomic mass is 35.5. The van der Waals surface area contributed by atoms with Gasteiger partial charge in [0, 0.05) is 25.1 Å². The number of halogens is 1. The van der Waals surface area contributed by atoms with Gasteiger partial charge in [-0.2, -0.15) is 0 Å². The van der Waals surface area contributed by atoms with Crippen LogP contribution in [0, 0.1) is 11.3 Å². The van der Waals surface area contributed by atoms with Gasteiger partial charge in [0.15, 0.2) is 0 Å². The van der Waals surface area contributed by atoms with E-state index >= 15 is 0 Å². The van der Waals surface area contributed by atoms with Gasteiger partial charge in [-0.25, -0.2) is 0 Å². The molecule has 1 amide bonds. The molecular weight excluding hydrogens is 252 g/mol. The first-order chi connectivity index (χ1) is 7.90. The fraction of sp³-hybridized carbons (Fsp3) is 0.923. The Morgan fingerprint density at radius 1 is 1.39 bits per heavy atom. The van der Waals surface area contributed by atoms with E-state index in [2.05, 4.69) is 31.4 Å². The molecular formula is C13H25ClN2O2. The standard InChI is InChI=1S/C13H24N2O2.ClH/c1-12(2)10(7-13(12,3)17-4)15-11(16)9-5-6-14-8-9;/h9-10,14H,5-8H2,1-4H3,(H,15,16);1H. The lowest BCUT2D eigenvalue weighted by atomic mass is 9.55. The number of ether oxygens (including phenoxy) is 1. The van der Waals surface area contributed by atoms with Crippen molar-refractivity contribution < 1.29 is 9.53 Å². The van der Waals surface area contributed by atoms with Crippen molar-refractivity contribution in [3.63, 3.8) is 0 Å². The Kier molecular flexibility index (Phi) is 4.68. The minimum absolute atomic E-state index is 0. The average molecular weight is 277 g/mol. The second kappa shape index (κ2) is 5.35. The third kappa shape index (κ3) is 2.38. The fourth-order valence-electron chi connectivity index (χ4n) is 2.89. The number of carbonyl (C=O) groups is 1. The maximum Gasteiger partial charge on any atom is 0.224 e. The Labute approximate surface area is 116 Å². The van der Waals surface area contributed by atoms with E-state index in [1.807, 2.05) is 0 Å². The smallest absolute Gasteiger partial charge is 0.224 e. The molecule has 1 aliphatic heterocycles. The predicted molar refractivity (Wildman–Crippen MR) is 74.0 cm³/mol. The van der Waals surface area contributed by atoms with Crippen molar-refractivity contribution in [3.05, 3.63) is 0 Å². The van der Waals surface area contributed by atoms with Crippen molar-refractivity contribution in [3.8, 4) is 0 Å². The predicted octanol–water partition coefficient (Wildman–Crippen LogP) is 1.34. The molecule has 1 saturated heterocycles. The Hall–Kier alpha value is -0.320. The van der Waals surface area contributed by atoms with E-state index in [0.29, 0.717) is 0 Å². The highest BCUT2D eigenvalue weighted by Gasteiger charge is 2.58. The van der Waals surface area contributed by atoms with Gasteiger partial charge in [-0.15, -0.1) is 12.4 Å². The van der Waals surface area contributed by atoms with Gasteiger partial charge in [0.2, 0.25) is 5.91 Å². The van der Waals surface area contributed by atoms with Crippen LogP contribution in [0.2, 0.25) is 0 Å². The van der Waals surface area contributed by atoms with E-state index in [-0.39, 0.29) is 41.3 Å². The van der Waals surface area contributed by atoms with Crippen molar-refractivity contribution in [2.75, 3.05) is 20.2 Å². The molecule has 0 spiro atoms. The molecule has 0 aromatic carbocycles. The molecule has 0 bridgehead atoms. The van der Waals surface area contributed by atoms with Crippen LogP contribution in [0.5, 0.6) is 0 Å². The first-order valence-corrected chi connectivity index (χ1v) is 6.47. The normalized spacial score (nSPS) is 37.6. The molecule has 3 atom stereocenters. The molecule has 1 heterocycles. The maximum absolute atomic E-state index is 12.0. The molecule has 5 heteroatoms. The Morgan fingerprint density at radius 2 is 2.06 bits per heavy atom. The highest BCUT2D eigenvalue weighted by molar-refractivity contribution is 5.85. The van der Waals surface area contributed by atoms with Crippen LogP contribution in [-0.4, -0.2) is 37.7 Å². The molecule has 4 nitrogen and oxygen atoms in total. The van der Waals surface area contributed by atoms with Crippen LogP contribution >= 0.6 is 12.4 Å². The van der Waals surface area contributed by atoms with Crippen molar-refractivity contribution in [2.24, 2.45) is 11.3 Å². The zero-order chi connectivity index (χ0) is 12.7. The summed E-state index contributed by atoms with van der Waals surface area (Å²) in [4.78, 5) is 12.0. The van der Waals surface area contributed by atoms with Gasteiger partial charge in [-0.05, 0) is 26.3 Å². The largest absolute Gasteiger partial charge is 0.378 e. The molecule has 2 fully saturated rings. The highest BCUT2D eigenvalue weighted by Crippen LogP contribution is 2.51. The van der Waals surface area contributed by atoms with E-state index < -0.39 is 0 Å². The Morgan fingerprint density at radius 3 is 2.50 bits per heavy atom. The van der Waals surface area contributed by atoms with Crippen molar-refractivity contribution >= 4 is 18.3 Å². The quantitative estimate of drug-likeness (QED) is 0.818. The number of nitrogens with one attached hydrogen (secondary N) is 2. The minimum atomic E-state index is -0.112. The Bertz CT molecular complexity index is 316. The van der Waals surface area contributed by atoms with Gasteiger partial charge in [0.1, 0.15) is 0 Å². The number of amides is 1. The molecule has 3 unspecified atom stereocenters. The summed E-state index contributed by atoms with van der Waals surface area (Å²) in [5, 5.41) is 6.40. The van der Waals surface area contributed by atoms with Crippen molar-refractivity contribution in [1.82, 2.24) is 10.6 Å². The Balaban J connectivity index is 0.00000162. The van der Waals surface area contributed by atoms with Crippen molar-refractivity contribution in [2.45, 2.75) is 45.3 Å². The molecule has 1 aliphatic carbocycles. The summed E-state index contributed by atoms with van der Waals surface area (Å²) in [6, 6.07) is 0.237. The van der Waals surface area contributed by atoms with Crippen LogP contribution in [-0.2, 0) is 9.53 Å². The lowest BCUT2D eigenvalue weighted by Crippen LogP contribution is -2.69. The summed E-state index contributed by atoms with van der Waals surface area (Å²) in [7, 11) is 1.75. The van der Waals surface area contributed by atoms with Crippen LogP contribution < -0.4 is 10.6 Å². The van der Waals surface area contributed by atoms with Gasteiger partial charge in [0.05, 0.1) is 11.5 Å². The SMILES string of the molecule is COC1(C)CC(NC(=O)C2CCNC2)C1(C)C.Cl. The summed E-state index contributed by atoms with van der Waals surface area (Å²) in [6.45, 7) is 8.23. The van der Waals surface area contributed by atoms with Gasteiger partial charge in [0.25, 0.3) is 0 Å². The molecule has 2 aliphatic rings. The molecule has 0 aromatic rings. The van der Waals surface area contributed by atoms with E-state index in [9.17, 15) is 4.79 Å². The lowest BCUT2D eigenvalue weighted by Gasteiger charge is -2.59. The topological polar surface area (TPSA) is 50.4 Å². The molecule has 106 valence electrons. The fourth-order valence-corrected chi connectivity index (χ4v) is 2.89. The molecule has 18 heavy (non-hydrogen) atoms. The van der Waals surface area contributed by atoms with E-state index in [1.165, 1.54) is 0 Å². The summed E-state index contributed by atoms with van der Waals surface area (Å²) < 4.78 is 5.56. The number of hydrogen-bond acceptors (Lipinski definition) is 3. The van der Waals surface area contributed by atoms with Gasteiger partial charge >= 0.3 is 0 Å². The maximum atomic E-state index is 12.0. The molecule has 0 radical (unpaired) electrons. The monoisotopic (exact) mass is 276 g/mol. The van der Waals surface area contributed by atoms with E-state index in [4.69, 9.17) is 4.74 Å². The summed E-state index contributed by atoms with van der Waals surface area (Å²) in [5.74, 6) is 0.353. The van der Waals surface area contributed by atoms with Crippen LogP contribution in [0.4, 0.5) is 0 Å². The van der Waals surface area contributed by atoms with Crippen LogP contribution in [0.15, 0.2) is 0 Å². The van der Waals surface area contributed by atoms with Gasteiger partial charge < -0.3 is 15.4 Å². The molecule has 1 saturated carbocycles. The van der Waals surface area contributed by atoms with Crippen molar-refractivity contribution in [1.29, 1.82) is 0 Å². The number of methoxy groups -OCH3 is 1. The third-order valence-corrected chi connectivity index (χ3v) is 5.03. The molecule has 2 N–H and O–H groups in total. The first kappa shape index (κ1) is 15.7. The average Bonchev–Trinajstić information content (AvgIpc) is 2.81. The second-order valence-corrected chi connectivity index (χ2v) is 6.11. The zero-order valence-electron chi connectivity index (χ0n) is 11.7. The zero-order valence-corrected chi connectivity index (χ0v) is 12.5. The molecule has 2 rings (SSSR count). The lowest BCUT2D eigenvalue weighted by molar-refractivity contribution is -0.183. The van der Waals surface area contributed by atoms with Crippen LogP contribution in [0.1, 0.15) is 33.6 Å². The van der Waals surface area contributed by atoms with Crippen LogP contribution in [0.3, 0.4) is 0 Å². The number of carbonyl (C=O) groups excluding carboxylic acids is 1. The second-order valence-electron chi connectivity index (χ2n) is 6.11. The van der Waals surface area contributed by atoms with Gasteiger partial charge in [-0.3, -0.25) is 4.79 Å². The van der Waals surface area contributed by atoms with Crippen LogP contribution in [0.25, 0.3) is 0 Å². The summed E-state index contributed by atoms with van der Waals surface area (Å²) >= 11 is 0. The summed E-state index contributed by atoms with van der Waals surface area (Å²) in [5.41, 5.74) is -0.109. The first-order valence-electron chi connectivity index (χ1n) is 6.47. The van der Waals surface area contributed by atoms with Gasteiger partial charge in [-0.1, -0.05) is 13.8 Å². The minimum Gasteiger partial charge on any atom is -0.378 e. The summed E-state index contributed by atoms with van der Waals surface area (Å²) in [6.07, 6.45) is 1.86. The molecule has 0 aromatic heterocycles. The third-order valence-electron chi connectivity index (χ3n) is 5.03. The van der Waals surface area contributed by atoms with E-state index in [1.54, 1.807) is 7.11 Å².